The molecule has 0 aromatic rings. The maximum Gasteiger partial charge on any atom is 0.0707 e. The van der Waals surface area contributed by atoms with Crippen LogP contribution < -0.4 is 5.73 Å². The molecule has 4 nitrogen and oxygen atoms in total. The van der Waals surface area contributed by atoms with Crippen LogP contribution in [0.4, 0.5) is 0 Å². The molecule has 1 aliphatic heterocycles. The van der Waals surface area contributed by atoms with E-state index in [1.165, 1.54) is 0 Å². The third kappa shape index (κ3) is 3.23. The second-order valence-electron chi connectivity index (χ2n) is 3.73. The monoisotopic (exact) mass is 188 g/mol. The fourth-order valence-electron chi connectivity index (χ4n) is 1.82. The molecule has 1 rings (SSSR count). The first-order valence-electron chi connectivity index (χ1n) is 4.99. The van der Waals surface area contributed by atoms with Gasteiger partial charge in [0.2, 0.25) is 0 Å². The van der Waals surface area contributed by atoms with Gasteiger partial charge in [-0.2, -0.15) is 0 Å². The standard InChI is InChI=1S/C9H20N2O2/c10-6-8-2-4-11(3-1-5-12)7-9(8)13/h8-9,12-13H,1-7,10H2. The number of likely N-dealkylation sites (tertiary alicyclic amines) is 1. The molecule has 2 atom stereocenters. The molecule has 78 valence electrons. The van der Waals surface area contributed by atoms with Crippen molar-refractivity contribution in [3.05, 3.63) is 0 Å². The Bertz CT molecular complexity index is 144. The molecule has 0 aromatic heterocycles. The first-order chi connectivity index (χ1) is 6.27. The molecular weight excluding hydrogens is 168 g/mol. The van der Waals surface area contributed by atoms with Gasteiger partial charge in [-0.25, -0.2) is 0 Å². The van der Waals surface area contributed by atoms with Crippen molar-refractivity contribution in [3.8, 4) is 0 Å². The summed E-state index contributed by atoms with van der Waals surface area (Å²) >= 11 is 0. The summed E-state index contributed by atoms with van der Waals surface area (Å²) in [4.78, 5) is 2.19. The summed E-state index contributed by atoms with van der Waals surface area (Å²) in [7, 11) is 0. The van der Waals surface area contributed by atoms with Crippen molar-refractivity contribution in [2.75, 3.05) is 32.8 Å². The zero-order valence-electron chi connectivity index (χ0n) is 8.02. The molecule has 0 amide bonds. The highest BCUT2D eigenvalue weighted by Gasteiger charge is 2.25. The van der Waals surface area contributed by atoms with Crippen LogP contribution >= 0.6 is 0 Å². The minimum atomic E-state index is -0.280. The Kier molecular flexibility index (Phi) is 4.66. The second-order valence-corrected chi connectivity index (χ2v) is 3.73. The molecule has 1 fully saturated rings. The van der Waals surface area contributed by atoms with Gasteiger partial charge in [-0.05, 0) is 31.8 Å². The van der Waals surface area contributed by atoms with E-state index >= 15 is 0 Å². The molecule has 1 aliphatic rings. The number of hydrogen-bond acceptors (Lipinski definition) is 4. The highest BCUT2D eigenvalue weighted by Crippen LogP contribution is 2.16. The maximum absolute atomic E-state index is 9.65. The Hall–Kier alpha value is -0.160. The SMILES string of the molecule is NCC1CCN(CCCO)CC1O. The van der Waals surface area contributed by atoms with Crippen molar-refractivity contribution in [3.63, 3.8) is 0 Å². The van der Waals surface area contributed by atoms with Crippen LogP contribution in [0.25, 0.3) is 0 Å². The quantitative estimate of drug-likeness (QED) is 0.530. The van der Waals surface area contributed by atoms with E-state index in [0.29, 0.717) is 13.1 Å². The summed E-state index contributed by atoms with van der Waals surface area (Å²) in [5, 5.41) is 18.3. The molecule has 0 spiro atoms. The van der Waals surface area contributed by atoms with Crippen molar-refractivity contribution in [2.24, 2.45) is 11.7 Å². The maximum atomic E-state index is 9.65. The minimum absolute atomic E-state index is 0.229. The van der Waals surface area contributed by atoms with E-state index in [2.05, 4.69) is 4.90 Å². The van der Waals surface area contributed by atoms with Crippen LogP contribution in [-0.4, -0.2) is 54.0 Å². The van der Waals surface area contributed by atoms with Crippen molar-refractivity contribution in [1.82, 2.24) is 4.90 Å². The zero-order valence-corrected chi connectivity index (χ0v) is 8.02. The zero-order chi connectivity index (χ0) is 9.68. The van der Waals surface area contributed by atoms with E-state index in [1.54, 1.807) is 0 Å². The molecule has 1 saturated heterocycles. The van der Waals surface area contributed by atoms with Gasteiger partial charge in [-0.3, -0.25) is 0 Å². The van der Waals surface area contributed by atoms with E-state index in [-0.39, 0.29) is 18.6 Å². The summed E-state index contributed by atoms with van der Waals surface area (Å²) in [5.74, 6) is 0.269. The predicted octanol–water partition coefficient (Wildman–Crippen LogP) is -0.990. The van der Waals surface area contributed by atoms with Gasteiger partial charge in [-0.1, -0.05) is 0 Å². The predicted molar refractivity (Wildman–Crippen MR) is 51.3 cm³/mol. The lowest BCUT2D eigenvalue weighted by atomic mass is 9.94. The number of rotatable bonds is 4. The second kappa shape index (κ2) is 5.54. The van der Waals surface area contributed by atoms with Crippen LogP contribution in [0.1, 0.15) is 12.8 Å². The van der Waals surface area contributed by atoms with Crippen molar-refractivity contribution < 1.29 is 10.2 Å². The van der Waals surface area contributed by atoms with Gasteiger partial charge < -0.3 is 20.8 Å². The lowest BCUT2D eigenvalue weighted by molar-refractivity contribution is 0.0233. The van der Waals surface area contributed by atoms with Crippen molar-refractivity contribution in [1.29, 1.82) is 0 Å². The fourth-order valence-corrected chi connectivity index (χ4v) is 1.82. The van der Waals surface area contributed by atoms with Gasteiger partial charge in [0, 0.05) is 19.7 Å². The smallest absolute Gasteiger partial charge is 0.0707 e. The number of β-amino-alcohol motifs (C(OH)–C–C–N with tert-alkyl or cyclic N) is 1. The topological polar surface area (TPSA) is 69.7 Å². The van der Waals surface area contributed by atoms with Crippen molar-refractivity contribution in [2.45, 2.75) is 18.9 Å². The summed E-state index contributed by atoms with van der Waals surface area (Å²) in [5.41, 5.74) is 5.52. The average Bonchev–Trinajstić information content (AvgIpc) is 2.15. The Morgan fingerprint density at radius 1 is 1.46 bits per heavy atom. The Labute approximate surface area is 79.3 Å². The minimum Gasteiger partial charge on any atom is -0.396 e. The molecule has 13 heavy (non-hydrogen) atoms. The molecule has 4 N–H and O–H groups in total. The third-order valence-corrected chi connectivity index (χ3v) is 2.74. The van der Waals surface area contributed by atoms with Crippen molar-refractivity contribution >= 4 is 0 Å². The molecule has 2 unspecified atom stereocenters. The van der Waals surface area contributed by atoms with Gasteiger partial charge in [0.1, 0.15) is 0 Å². The molecule has 0 aliphatic carbocycles. The van der Waals surface area contributed by atoms with E-state index in [4.69, 9.17) is 10.8 Å². The lowest BCUT2D eigenvalue weighted by Crippen LogP contribution is -2.46. The highest BCUT2D eigenvalue weighted by molar-refractivity contribution is 4.80. The number of aliphatic hydroxyl groups excluding tert-OH is 2. The molecular formula is C9H20N2O2. The highest BCUT2D eigenvalue weighted by atomic mass is 16.3. The van der Waals surface area contributed by atoms with E-state index in [1.807, 2.05) is 0 Å². The van der Waals surface area contributed by atoms with Crippen LogP contribution in [0.2, 0.25) is 0 Å². The summed E-state index contributed by atoms with van der Waals surface area (Å²) in [6, 6.07) is 0. The lowest BCUT2D eigenvalue weighted by Gasteiger charge is -2.35. The van der Waals surface area contributed by atoms with E-state index in [0.717, 1.165) is 25.9 Å². The molecule has 4 heteroatoms. The summed E-state index contributed by atoms with van der Waals surface area (Å²) < 4.78 is 0. The van der Waals surface area contributed by atoms with Crippen LogP contribution in [-0.2, 0) is 0 Å². The summed E-state index contributed by atoms with van der Waals surface area (Å²) in [6.45, 7) is 3.40. The Morgan fingerprint density at radius 3 is 2.77 bits per heavy atom. The molecule has 0 aromatic carbocycles. The largest absolute Gasteiger partial charge is 0.396 e. The van der Waals surface area contributed by atoms with Gasteiger partial charge >= 0.3 is 0 Å². The Balaban J connectivity index is 2.24. The average molecular weight is 188 g/mol. The first-order valence-corrected chi connectivity index (χ1v) is 4.99. The fraction of sp³-hybridized carbons (Fsp3) is 1.00. The van der Waals surface area contributed by atoms with Crippen LogP contribution in [0.5, 0.6) is 0 Å². The number of nitrogens with zero attached hydrogens (tertiary/aromatic N) is 1. The number of nitrogens with two attached hydrogens (primary N) is 1. The number of aliphatic hydroxyl groups is 2. The van der Waals surface area contributed by atoms with Gasteiger partial charge in [0.25, 0.3) is 0 Å². The van der Waals surface area contributed by atoms with Crippen LogP contribution in [0.15, 0.2) is 0 Å². The molecule has 1 heterocycles. The van der Waals surface area contributed by atoms with E-state index < -0.39 is 0 Å². The van der Waals surface area contributed by atoms with Gasteiger partial charge in [0.05, 0.1) is 6.10 Å². The van der Waals surface area contributed by atoms with E-state index in [9.17, 15) is 5.11 Å². The Morgan fingerprint density at radius 2 is 2.23 bits per heavy atom. The normalized spacial score (nSPS) is 30.7. The molecule has 0 saturated carbocycles. The molecule has 0 bridgehead atoms. The molecule has 0 radical (unpaired) electrons. The number of hydrogen-bond donors (Lipinski definition) is 3. The number of piperidine rings is 1. The van der Waals surface area contributed by atoms with Gasteiger partial charge in [-0.15, -0.1) is 0 Å². The summed E-state index contributed by atoms with van der Waals surface area (Å²) in [6.07, 6.45) is 1.49. The van der Waals surface area contributed by atoms with Crippen LogP contribution in [0, 0.1) is 5.92 Å². The van der Waals surface area contributed by atoms with Crippen LogP contribution in [0.3, 0.4) is 0 Å². The third-order valence-electron chi connectivity index (χ3n) is 2.74. The van der Waals surface area contributed by atoms with Gasteiger partial charge in [0.15, 0.2) is 0 Å². The first kappa shape index (κ1) is 10.9.